The van der Waals surface area contributed by atoms with Crippen molar-refractivity contribution >= 4 is 11.6 Å². The summed E-state index contributed by atoms with van der Waals surface area (Å²) < 4.78 is 26.1. The van der Waals surface area contributed by atoms with E-state index in [2.05, 4.69) is 4.90 Å². The van der Waals surface area contributed by atoms with Crippen LogP contribution in [0.15, 0.2) is 79.0 Å². The lowest BCUT2D eigenvalue weighted by atomic mass is 10.1. The number of nitrogens with zero attached hydrogens (tertiary/aromatic N) is 4. The molecule has 2 heterocycles. The standard InChI is InChI=1S/C28H27FN4O3/c1-35-23-12-13-26(36-2)24(18-23)27-25(19-33(30-27)22-6-4-3-5-7-22)28(34)32-16-14-31(15-17-32)21-10-8-20(29)9-11-21/h3-13,18-19H,14-17H2,1-2H3. The Kier molecular flexibility index (Phi) is 6.58. The minimum Gasteiger partial charge on any atom is -0.497 e. The molecule has 4 aromatic rings. The summed E-state index contributed by atoms with van der Waals surface area (Å²) in [7, 11) is 3.19. The molecule has 8 heteroatoms. The van der Waals surface area contributed by atoms with Crippen LogP contribution in [0.4, 0.5) is 10.1 Å². The number of hydrogen-bond donors (Lipinski definition) is 0. The van der Waals surface area contributed by atoms with Gasteiger partial charge in [-0.3, -0.25) is 4.79 Å². The minimum atomic E-state index is -0.261. The summed E-state index contributed by atoms with van der Waals surface area (Å²) in [5.74, 6) is 0.884. The molecule has 36 heavy (non-hydrogen) atoms. The minimum absolute atomic E-state index is 0.101. The predicted molar refractivity (Wildman–Crippen MR) is 137 cm³/mol. The molecule has 1 aliphatic heterocycles. The van der Waals surface area contributed by atoms with Gasteiger partial charge in [-0.15, -0.1) is 0 Å². The maximum atomic E-state index is 13.8. The number of halogens is 1. The Morgan fingerprint density at radius 3 is 2.25 bits per heavy atom. The van der Waals surface area contributed by atoms with Gasteiger partial charge in [-0.2, -0.15) is 5.10 Å². The molecule has 3 aromatic carbocycles. The van der Waals surface area contributed by atoms with Gasteiger partial charge in [0.2, 0.25) is 0 Å². The van der Waals surface area contributed by atoms with Gasteiger partial charge in [0.1, 0.15) is 23.0 Å². The zero-order valence-corrected chi connectivity index (χ0v) is 20.2. The van der Waals surface area contributed by atoms with E-state index in [0.29, 0.717) is 54.5 Å². The second-order valence-corrected chi connectivity index (χ2v) is 8.49. The summed E-state index contributed by atoms with van der Waals surface area (Å²) in [6, 6.07) is 21.6. The second-order valence-electron chi connectivity index (χ2n) is 8.49. The third-order valence-electron chi connectivity index (χ3n) is 6.39. The van der Waals surface area contributed by atoms with E-state index in [0.717, 1.165) is 11.4 Å². The third-order valence-corrected chi connectivity index (χ3v) is 6.39. The van der Waals surface area contributed by atoms with Crippen molar-refractivity contribution in [2.75, 3.05) is 45.3 Å². The second kappa shape index (κ2) is 10.1. The zero-order valence-electron chi connectivity index (χ0n) is 20.2. The molecule has 1 fully saturated rings. The van der Waals surface area contributed by atoms with Crippen LogP contribution in [0.3, 0.4) is 0 Å². The van der Waals surface area contributed by atoms with Crippen LogP contribution in [0, 0.1) is 5.82 Å². The van der Waals surface area contributed by atoms with Crippen LogP contribution in [0.25, 0.3) is 16.9 Å². The number of carbonyl (C=O) groups excluding carboxylic acids is 1. The monoisotopic (exact) mass is 486 g/mol. The Morgan fingerprint density at radius 1 is 0.861 bits per heavy atom. The molecule has 0 aliphatic carbocycles. The van der Waals surface area contributed by atoms with Crippen molar-refractivity contribution in [3.63, 3.8) is 0 Å². The Balaban J connectivity index is 1.48. The van der Waals surface area contributed by atoms with Crippen LogP contribution in [-0.4, -0.2) is 61.0 Å². The van der Waals surface area contributed by atoms with E-state index < -0.39 is 0 Å². The number of anilines is 1. The van der Waals surface area contributed by atoms with Crippen molar-refractivity contribution < 1.29 is 18.7 Å². The number of piperazine rings is 1. The number of carbonyl (C=O) groups is 1. The van der Waals surface area contributed by atoms with Gasteiger partial charge in [0.25, 0.3) is 5.91 Å². The Bertz CT molecular complexity index is 1350. The first-order valence-corrected chi connectivity index (χ1v) is 11.7. The lowest BCUT2D eigenvalue weighted by Gasteiger charge is -2.36. The molecule has 0 unspecified atom stereocenters. The van der Waals surface area contributed by atoms with E-state index in [4.69, 9.17) is 14.6 Å². The fourth-order valence-corrected chi connectivity index (χ4v) is 4.43. The van der Waals surface area contributed by atoms with Crippen LogP contribution in [0.2, 0.25) is 0 Å². The highest BCUT2D eigenvalue weighted by Crippen LogP contribution is 2.35. The summed E-state index contributed by atoms with van der Waals surface area (Å²) in [6.07, 6.45) is 1.78. The molecule has 0 atom stereocenters. The van der Waals surface area contributed by atoms with E-state index in [1.165, 1.54) is 12.1 Å². The predicted octanol–water partition coefficient (Wildman–Crippen LogP) is 4.66. The van der Waals surface area contributed by atoms with Crippen LogP contribution < -0.4 is 14.4 Å². The summed E-state index contributed by atoms with van der Waals surface area (Å²) >= 11 is 0. The van der Waals surface area contributed by atoms with Crippen molar-refractivity contribution in [2.45, 2.75) is 0 Å². The average Bonchev–Trinajstić information content (AvgIpc) is 3.39. The fraction of sp³-hybridized carbons (Fsp3) is 0.214. The van der Waals surface area contributed by atoms with Gasteiger partial charge >= 0.3 is 0 Å². The lowest BCUT2D eigenvalue weighted by molar-refractivity contribution is 0.0747. The number of ether oxygens (including phenoxy) is 2. The van der Waals surface area contributed by atoms with Crippen LogP contribution >= 0.6 is 0 Å². The Hall–Kier alpha value is -4.33. The quantitative estimate of drug-likeness (QED) is 0.397. The van der Waals surface area contributed by atoms with E-state index in [9.17, 15) is 9.18 Å². The molecule has 5 rings (SSSR count). The maximum absolute atomic E-state index is 13.8. The van der Waals surface area contributed by atoms with E-state index >= 15 is 0 Å². The average molecular weight is 487 g/mol. The molecular formula is C28H27FN4O3. The van der Waals surface area contributed by atoms with Crippen molar-refractivity contribution in [1.82, 2.24) is 14.7 Å². The molecule has 0 bridgehead atoms. The van der Waals surface area contributed by atoms with Gasteiger partial charge in [0, 0.05) is 43.6 Å². The van der Waals surface area contributed by atoms with Crippen LogP contribution in [-0.2, 0) is 0 Å². The topological polar surface area (TPSA) is 59.8 Å². The molecular weight excluding hydrogens is 459 g/mol. The highest BCUT2D eigenvalue weighted by molar-refractivity contribution is 6.00. The first-order chi connectivity index (χ1) is 17.6. The van der Waals surface area contributed by atoms with Crippen molar-refractivity contribution in [2.24, 2.45) is 0 Å². The summed E-state index contributed by atoms with van der Waals surface area (Å²) in [6.45, 7) is 2.40. The van der Waals surface area contributed by atoms with Gasteiger partial charge in [-0.1, -0.05) is 18.2 Å². The molecule has 1 aliphatic rings. The maximum Gasteiger partial charge on any atom is 0.257 e. The lowest BCUT2D eigenvalue weighted by Crippen LogP contribution is -2.48. The SMILES string of the molecule is COc1ccc(OC)c(-c2nn(-c3ccccc3)cc2C(=O)N2CCN(c3ccc(F)cc3)CC2)c1. The summed E-state index contributed by atoms with van der Waals surface area (Å²) in [5.41, 5.74) is 3.49. The first-order valence-electron chi connectivity index (χ1n) is 11.7. The van der Waals surface area contributed by atoms with Gasteiger partial charge in [0.15, 0.2) is 0 Å². The zero-order chi connectivity index (χ0) is 25.1. The number of methoxy groups -OCH3 is 2. The summed E-state index contributed by atoms with van der Waals surface area (Å²) in [4.78, 5) is 17.8. The number of aromatic nitrogens is 2. The van der Waals surface area contributed by atoms with Gasteiger partial charge < -0.3 is 19.3 Å². The molecule has 1 amide bonds. The molecule has 0 spiro atoms. The van der Waals surface area contributed by atoms with Gasteiger partial charge in [-0.25, -0.2) is 9.07 Å². The van der Waals surface area contributed by atoms with Crippen molar-refractivity contribution in [3.8, 4) is 28.4 Å². The highest BCUT2D eigenvalue weighted by atomic mass is 19.1. The molecule has 7 nitrogen and oxygen atoms in total. The van der Waals surface area contributed by atoms with Gasteiger partial charge in [-0.05, 0) is 54.6 Å². The molecule has 1 saturated heterocycles. The number of para-hydroxylation sites is 1. The summed E-state index contributed by atoms with van der Waals surface area (Å²) in [5, 5.41) is 4.81. The van der Waals surface area contributed by atoms with Crippen LogP contribution in [0.1, 0.15) is 10.4 Å². The molecule has 0 saturated carbocycles. The van der Waals surface area contributed by atoms with Crippen LogP contribution in [0.5, 0.6) is 11.5 Å². The van der Waals surface area contributed by atoms with E-state index in [-0.39, 0.29) is 11.7 Å². The third kappa shape index (κ3) is 4.62. The van der Waals surface area contributed by atoms with Crippen molar-refractivity contribution in [3.05, 3.63) is 90.4 Å². The first kappa shape index (κ1) is 23.4. The number of hydrogen-bond acceptors (Lipinski definition) is 5. The smallest absolute Gasteiger partial charge is 0.257 e. The number of benzene rings is 3. The number of amides is 1. The fourth-order valence-electron chi connectivity index (χ4n) is 4.43. The largest absolute Gasteiger partial charge is 0.497 e. The normalized spacial score (nSPS) is 13.5. The molecule has 1 aromatic heterocycles. The Labute approximate surface area is 209 Å². The Morgan fingerprint density at radius 2 is 1.58 bits per heavy atom. The highest BCUT2D eigenvalue weighted by Gasteiger charge is 2.28. The van der Waals surface area contributed by atoms with E-state index in [1.807, 2.05) is 53.4 Å². The van der Waals surface area contributed by atoms with E-state index in [1.54, 1.807) is 37.2 Å². The van der Waals surface area contributed by atoms with Gasteiger partial charge in [0.05, 0.1) is 25.5 Å². The van der Waals surface area contributed by atoms with Crippen molar-refractivity contribution in [1.29, 1.82) is 0 Å². The molecule has 0 N–H and O–H groups in total. The molecule has 184 valence electrons. The number of rotatable bonds is 6. The molecule has 0 radical (unpaired) electrons.